The van der Waals surface area contributed by atoms with Crippen molar-refractivity contribution in [1.82, 2.24) is 10.2 Å². The van der Waals surface area contributed by atoms with Gasteiger partial charge in [0.15, 0.2) is 0 Å². The maximum Gasteiger partial charge on any atom is 0.128 e. The molecule has 0 aliphatic carbocycles. The number of aryl methyl sites for hydroxylation is 1. The Bertz CT molecular complexity index is 460. The molecule has 0 spiro atoms. The van der Waals surface area contributed by atoms with Crippen LogP contribution in [-0.2, 0) is 4.74 Å². The van der Waals surface area contributed by atoms with E-state index in [9.17, 15) is 4.39 Å². The van der Waals surface area contributed by atoms with Crippen LogP contribution in [0.15, 0.2) is 18.2 Å². The maximum absolute atomic E-state index is 14.5. The zero-order chi connectivity index (χ0) is 14.7. The Morgan fingerprint density at radius 3 is 2.43 bits per heavy atom. The summed E-state index contributed by atoms with van der Waals surface area (Å²) in [6.45, 7) is 7.54. The molecule has 3 rings (SSSR count). The summed E-state index contributed by atoms with van der Waals surface area (Å²) in [5, 5.41) is 3.39. The van der Waals surface area contributed by atoms with E-state index < -0.39 is 0 Å². The molecule has 2 saturated heterocycles. The van der Waals surface area contributed by atoms with Gasteiger partial charge in [0.2, 0.25) is 0 Å². The van der Waals surface area contributed by atoms with Gasteiger partial charge in [-0.15, -0.1) is 24.8 Å². The molecule has 6 heteroatoms. The molecule has 2 fully saturated rings. The fourth-order valence-corrected chi connectivity index (χ4v) is 3.61. The molecule has 2 aliphatic heterocycles. The van der Waals surface area contributed by atoms with E-state index in [0.29, 0.717) is 5.92 Å². The van der Waals surface area contributed by atoms with Gasteiger partial charge in [0.1, 0.15) is 5.82 Å². The van der Waals surface area contributed by atoms with Crippen LogP contribution in [0.1, 0.15) is 30.0 Å². The molecule has 0 radical (unpaired) electrons. The minimum absolute atomic E-state index is 0. The number of piperazine rings is 1. The van der Waals surface area contributed by atoms with Crippen molar-refractivity contribution in [2.24, 2.45) is 5.92 Å². The number of hydrogen-bond acceptors (Lipinski definition) is 3. The van der Waals surface area contributed by atoms with Crippen molar-refractivity contribution in [2.75, 3.05) is 39.4 Å². The molecule has 2 aliphatic rings. The first kappa shape index (κ1) is 20.7. The van der Waals surface area contributed by atoms with E-state index in [4.69, 9.17) is 4.74 Å². The van der Waals surface area contributed by atoms with Gasteiger partial charge >= 0.3 is 0 Å². The number of ether oxygens (including phenoxy) is 1. The first-order valence-electron chi connectivity index (χ1n) is 8.04. The number of rotatable bonds is 3. The number of nitrogens with one attached hydrogen (secondary N) is 1. The van der Waals surface area contributed by atoms with E-state index >= 15 is 0 Å². The maximum atomic E-state index is 14.5. The Morgan fingerprint density at radius 2 is 1.83 bits per heavy atom. The second-order valence-electron chi connectivity index (χ2n) is 6.21. The zero-order valence-corrected chi connectivity index (χ0v) is 15.2. The van der Waals surface area contributed by atoms with E-state index in [1.54, 1.807) is 6.07 Å². The molecule has 23 heavy (non-hydrogen) atoms. The highest BCUT2D eigenvalue weighted by atomic mass is 35.5. The molecule has 0 bridgehead atoms. The van der Waals surface area contributed by atoms with Crippen LogP contribution in [0.25, 0.3) is 0 Å². The number of hydrogen-bond donors (Lipinski definition) is 1. The number of halogens is 3. The Balaban J connectivity index is 0.00000132. The minimum atomic E-state index is -0.0509. The van der Waals surface area contributed by atoms with Crippen LogP contribution >= 0.6 is 24.8 Å². The third kappa shape index (κ3) is 5.04. The molecule has 132 valence electrons. The van der Waals surface area contributed by atoms with Gasteiger partial charge < -0.3 is 10.1 Å². The van der Waals surface area contributed by atoms with Crippen molar-refractivity contribution < 1.29 is 9.13 Å². The standard InChI is InChI=1S/C17H25FN2O.2ClH/c1-13-2-3-15(16(18)12-13)17(14-4-10-21-11-5-14)20-8-6-19-7-9-20;;/h2-3,12,14,17,19H,4-11H2,1H3;2*1H/t17-;;/m1../s1. The number of benzene rings is 1. The van der Waals surface area contributed by atoms with Crippen molar-refractivity contribution in [3.8, 4) is 0 Å². The lowest BCUT2D eigenvalue weighted by Crippen LogP contribution is -2.47. The zero-order valence-electron chi connectivity index (χ0n) is 13.6. The molecule has 1 aromatic rings. The molecule has 1 atom stereocenters. The highest BCUT2D eigenvalue weighted by Gasteiger charge is 2.32. The molecule has 0 saturated carbocycles. The second kappa shape index (κ2) is 9.80. The summed E-state index contributed by atoms with van der Waals surface area (Å²) in [6, 6.07) is 5.89. The van der Waals surface area contributed by atoms with Crippen LogP contribution in [0.3, 0.4) is 0 Å². The van der Waals surface area contributed by atoms with Crippen molar-refractivity contribution in [2.45, 2.75) is 25.8 Å². The molecule has 1 N–H and O–H groups in total. The van der Waals surface area contributed by atoms with Gasteiger partial charge in [0.25, 0.3) is 0 Å². The quantitative estimate of drug-likeness (QED) is 0.889. The van der Waals surface area contributed by atoms with Crippen molar-refractivity contribution >= 4 is 24.8 Å². The molecular formula is C17H27Cl2FN2O. The van der Waals surface area contributed by atoms with Crippen LogP contribution in [0.4, 0.5) is 4.39 Å². The van der Waals surface area contributed by atoms with E-state index in [1.807, 2.05) is 19.1 Å². The van der Waals surface area contributed by atoms with Crippen LogP contribution < -0.4 is 5.32 Å². The van der Waals surface area contributed by atoms with Crippen LogP contribution in [0.5, 0.6) is 0 Å². The lowest BCUT2D eigenvalue weighted by atomic mass is 9.85. The fraction of sp³-hybridized carbons (Fsp3) is 0.647. The molecule has 2 heterocycles. The molecule has 0 unspecified atom stereocenters. The Kier molecular flexibility index (Phi) is 8.80. The normalized spacial score (nSPS) is 21.1. The van der Waals surface area contributed by atoms with Gasteiger partial charge in [0, 0.05) is 51.0 Å². The highest BCUT2D eigenvalue weighted by Crippen LogP contribution is 2.36. The Morgan fingerprint density at radius 1 is 1.17 bits per heavy atom. The largest absolute Gasteiger partial charge is 0.381 e. The van der Waals surface area contributed by atoms with Gasteiger partial charge in [0.05, 0.1) is 0 Å². The molecule has 1 aromatic carbocycles. The van der Waals surface area contributed by atoms with Crippen LogP contribution in [-0.4, -0.2) is 44.3 Å². The van der Waals surface area contributed by atoms with Crippen LogP contribution in [0, 0.1) is 18.7 Å². The van der Waals surface area contributed by atoms with Gasteiger partial charge in [-0.1, -0.05) is 12.1 Å². The summed E-state index contributed by atoms with van der Waals surface area (Å²) in [5.74, 6) is 0.444. The predicted molar refractivity (Wildman–Crippen MR) is 96.4 cm³/mol. The summed E-state index contributed by atoms with van der Waals surface area (Å²) in [4.78, 5) is 2.46. The fourth-order valence-electron chi connectivity index (χ4n) is 3.61. The van der Waals surface area contributed by atoms with Crippen molar-refractivity contribution in [3.63, 3.8) is 0 Å². The van der Waals surface area contributed by atoms with Gasteiger partial charge in [-0.3, -0.25) is 4.90 Å². The van der Waals surface area contributed by atoms with E-state index in [-0.39, 0.29) is 36.7 Å². The SMILES string of the molecule is Cc1ccc([C@@H](C2CCOCC2)N2CCNCC2)c(F)c1.Cl.Cl. The van der Waals surface area contributed by atoms with Gasteiger partial charge in [-0.2, -0.15) is 0 Å². The predicted octanol–water partition coefficient (Wildman–Crippen LogP) is 3.35. The van der Waals surface area contributed by atoms with Crippen molar-refractivity contribution in [1.29, 1.82) is 0 Å². The Labute approximate surface area is 150 Å². The third-order valence-corrected chi connectivity index (χ3v) is 4.73. The van der Waals surface area contributed by atoms with Crippen LogP contribution in [0.2, 0.25) is 0 Å². The highest BCUT2D eigenvalue weighted by molar-refractivity contribution is 5.85. The Hall–Kier alpha value is -0.390. The summed E-state index contributed by atoms with van der Waals surface area (Å²) in [7, 11) is 0. The summed E-state index contributed by atoms with van der Waals surface area (Å²) >= 11 is 0. The van der Waals surface area contributed by atoms with Gasteiger partial charge in [-0.05, 0) is 37.3 Å². The second-order valence-corrected chi connectivity index (χ2v) is 6.21. The average Bonchev–Trinajstić information content (AvgIpc) is 2.52. The molecule has 0 aromatic heterocycles. The first-order chi connectivity index (χ1) is 10.3. The third-order valence-electron chi connectivity index (χ3n) is 4.73. The monoisotopic (exact) mass is 364 g/mol. The molecule has 0 amide bonds. The van der Waals surface area contributed by atoms with Gasteiger partial charge in [-0.25, -0.2) is 4.39 Å². The minimum Gasteiger partial charge on any atom is -0.381 e. The van der Waals surface area contributed by atoms with E-state index in [0.717, 1.165) is 63.4 Å². The smallest absolute Gasteiger partial charge is 0.128 e. The number of nitrogens with zero attached hydrogens (tertiary/aromatic N) is 1. The summed E-state index contributed by atoms with van der Waals surface area (Å²) in [5.41, 5.74) is 1.86. The summed E-state index contributed by atoms with van der Waals surface area (Å²) in [6.07, 6.45) is 2.06. The average molecular weight is 365 g/mol. The summed E-state index contributed by atoms with van der Waals surface area (Å²) < 4.78 is 20.0. The lowest BCUT2D eigenvalue weighted by molar-refractivity contribution is 0.0203. The molecular weight excluding hydrogens is 338 g/mol. The van der Waals surface area contributed by atoms with Crippen molar-refractivity contribution in [3.05, 3.63) is 35.1 Å². The first-order valence-corrected chi connectivity index (χ1v) is 8.04. The van der Waals surface area contributed by atoms with E-state index in [1.165, 1.54) is 0 Å². The van der Waals surface area contributed by atoms with E-state index in [2.05, 4.69) is 10.2 Å². The molecule has 3 nitrogen and oxygen atoms in total. The topological polar surface area (TPSA) is 24.5 Å². The lowest BCUT2D eigenvalue weighted by Gasteiger charge is -2.41.